The summed E-state index contributed by atoms with van der Waals surface area (Å²) >= 11 is 0. The summed E-state index contributed by atoms with van der Waals surface area (Å²) in [7, 11) is 0. The van der Waals surface area contributed by atoms with Gasteiger partial charge in [-0.05, 0) is 24.8 Å². The Kier molecular flexibility index (Phi) is 5.95. The molecule has 0 aromatic heterocycles. The van der Waals surface area contributed by atoms with Gasteiger partial charge in [-0.1, -0.05) is 30.3 Å². The molecule has 1 aromatic carbocycles. The molecule has 3 aliphatic heterocycles. The van der Waals surface area contributed by atoms with Crippen molar-refractivity contribution in [2.24, 2.45) is 0 Å². The van der Waals surface area contributed by atoms with Crippen LogP contribution in [0.1, 0.15) is 31.2 Å². The van der Waals surface area contributed by atoms with Gasteiger partial charge in [0.15, 0.2) is 0 Å². The van der Waals surface area contributed by atoms with E-state index in [0.29, 0.717) is 24.3 Å². The van der Waals surface area contributed by atoms with E-state index in [0.717, 1.165) is 5.56 Å². The molecule has 12 heteroatoms. The van der Waals surface area contributed by atoms with Crippen LogP contribution >= 0.6 is 0 Å². The maximum Gasteiger partial charge on any atom is 0.414 e. The molecule has 1 aromatic rings. The largest absolute Gasteiger partial charge is 0.465 e. The van der Waals surface area contributed by atoms with E-state index in [1.54, 1.807) is 0 Å². The minimum absolute atomic E-state index is 0.0380. The molecule has 2 bridgehead atoms. The first kappa shape index (κ1) is 21.6. The predicted octanol–water partition coefficient (Wildman–Crippen LogP) is 0.203. The van der Waals surface area contributed by atoms with E-state index >= 15 is 0 Å². The fraction of sp³-hybridized carbons (Fsp3) is 0.450. The highest BCUT2D eigenvalue weighted by Gasteiger charge is 2.48. The first-order chi connectivity index (χ1) is 15.4. The molecule has 32 heavy (non-hydrogen) atoms. The number of piperidine rings is 1. The minimum Gasteiger partial charge on any atom is -0.465 e. The molecule has 0 unspecified atom stereocenters. The number of nitrogens with zero attached hydrogens (tertiary/aromatic N) is 3. The second kappa shape index (κ2) is 8.83. The van der Waals surface area contributed by atoms with Crippen molar-refractivity contribution in [3.05, 3.63) is 35.9 Å². The average molecular weight is 445 g/mol. The molecular formula is C20H23N5O7. The molecular weight excluding hydrogens is 422 g/mol. The van der Waals surface area contributed by atoms with Crippen LogP contribution in [0.25, 0.3) is 0 Å². The first-order valence-electron chi connectivity index (χ1n) is 10.3. The Labute approximate surface area is 183 Å². The smallest absolute Gasteiger partial charge is 0.414 e. The molecule has 3 atom stereocenters. The number of carbonyl (C=O) groups is 5. The fourth-order valence-electron chi connectivity index (χ4n) is 4.25. The number of amides is 6. The molecule has 3 aliphatic rings. The van der Waals surface area contributed by atoms with Crippen LogP contribution in [0.3, 0.4) is 0 Å². The number of urea groups is 1. The zero-order chi connectivity index (χ0) is 22.8. The molecule has 0 saturated carbocycles. The molecule has 4 rings (SSSR count). The summed E-state index contributed by atoms with van der Waals surface area (Å²) in [4.78, 5) is 68.1. The number of hydrogen-bond donors (Lipinski definition) is 3. The molecule has 0 spiro atoms. The average Bonchev–Trinajstić information content (AvgIpc) is 3.29. The van der Waals surface area contributed by atoms with E-state index in [1.807, 2.05) is 30.3 Å². The number of hydroxylamine groups is 2. The number of hydrogen-bond acceptors (Lipinski definition) is 6. The Balaban J connectivity index is 1.31. The molecule has 3 fully saturated rings. The zero-order valence-electron chi connectivity index (χ0n) is 17.1. The summed E-state index contributed by atoms with van der Waals surface area (Å²) in [5.74, 6) is -2.07. The quantitative estimate of drug-likeness (QED) is 0.548. The van der Waals surface area contributed by atoms with E-state index in [-0.39, 0.29) is 25.5 Å². The molecule has 170 valence electrons. The van der Waals surface area contributed by atoms with Crippen LogP contribution in [0.15, 0.2) is 30.3 Å². The summed E-state index contributed by atoms with van der Waals surface area (Å²) in [6.07, 6.45) is -0.616. The van der Waals surface area contributed by atoms with E-state index < -0.39 is 41.9 Å². The van der Waals surface area contributed by atoms with Gasteiger partial charge in [0.25, 0.3) is 11.8 Å². The van der Waals surface area contributed by atoms with Crippen molar-refractivity contribution < 1.29 is 33.9 Å². The highest BCUT2D eigenvalue weighted by Crippen LogP contribution is 2.30. The van der Waals surface area contributed by atoms with Crippen molar-refractivity contribution in [3.63, 3.8) is 0 Å². The van der Waals surface area contributed by atoms with Gasteiger partial charge in [0.1, 0.15) is 18.7 Å². The lowest BCUT2D eigenvalue weighted by Crippen LogP contribution is -2.57. The van der Waals surface area contributed by atoms with Crippen LogP contribution < -0.4 is 10.9 Å². The number of fused-ring (bicyclic) bond motifs is 2. The van der Waals surface area contributed by atoms with E-state index in [9.17, 15) is 24.0 Å². The van der Waals surface area contributed by atoms with Crippen LogP contribution in [-0.4, -0.2) is 74.5 Å². The van der Waals surface area contributed by atoms with Crippen LogP contribution in [0, 0.1) is 0 Å². The SMILES string of the molecule is O=C(NNC(=O)[C@@H]1CC[C@@H]2CN1C(=O)N2OCc1ccccc1)[C@H]1CCC(=O)N1C(=O)O. The molecule has 3 N–H and O–H groups in total. The van der Waals surface area contributed by atoms with Gasteiger partial charge in [-0.3, -0.25) is 30.1 Å². The van der Waals surface area contributed by atoms with Gasteiger partial charge in [-0.25, -0.2) is 14.5 Å². The zero-order valence-corrected chi connectivity index (χ0v) is 17.1. The third kappa shape index (κ3) is 4.08. The summed E-state index contributed by atoms with van der Waals surface area (Å²) < 4.78 is 0. The van der Waals surface area contributed by atoms with Crippen LogP contribution in [0.4, 0.5) is 9.59 Å². The predicted molar refractivity (Wildman–Crippen MR) is 106 cm³/mol. The Hall–Kier alpha value is -3.67. The lowest BCUT2D eigenvalue weighted by atomic mass is 10.0. The Bertz CT molecular complexity index is 940. The van der Waals surface area contributed by atoms with E-state index in [2.05, 4.69) is 10.9 Å². The maximum absolute atomic E-state index is 12.8. The summed E-state index contributed by atoms with van der Waals surface area (Å²) in [5.41, 5.74) is 5.35. The van der Waals surface area contributed by atoms with Crippen LogP contribution in [0.5, 0.6) is 0 Å². The number of carboxylic acid groups (broad SMARTS) is 1. The number of rotatable bonds is 5. The van der Waals surface area contributed by atoms with Gasteiger partial charge < -0.3 is 10.0 Å². The van der Waals surface area contributed by atoms with Crippen molar-refractivity contribution in [1.29, 1.82) is 0 Å². The third-order valence-corrected chi connectivity index (χ3v) is 5.87. The molecule has 12 nitrogen and oxygen atoms in total. The molecule has 0 radical (unpaired) electrons. The van der Waals surface area contributed by atoms with E-state index in [4.69, 9.17) is 9.94 Å². The summed E-state index contributed by atoms with van der Waals surface area (Å²) in [6.45, 7) is 0.549. The highest BCUT2D eigenvalue weighted by molar-refractivity contribution is 6.00. The van der Waals surface area contributed by atoms with Gasteiger partial charge in [0.05, 0.1) is 6.04 Å². The topological polar surface area (TPSA) is 149 Å². The van der Waals surface area contributed by atoms with Crippen molar-refractivity contribution in [1.82, 2.24) is 25.7 Å². The summed E-state index contributed by atoms with van der Waals surface area (Å²) in [6, 6.07) is 6.80. The summed E-state index contributed by atoms with van der Waals surface area (Å²) in [5, 5.41) is 10.4. The van der Waals surface area contributed by atoms with Gasteiger partial charge in [-0.15, -0.1) is 0 Å². The van der Waals surface area contributed by atoms with Crippen LogP contribution in [0.2, 0.25) is 0 Å². The Morgan fingerprint density at radius 1 is 1.00 bits per heavy atom. The monoisotopic (exact) mass is 445 g/mol. The number of imide groups is 1. The molecule has 0 aliphatic carbocycles. The number of likely N-dealkylation sites (tertiary alicyclic amines) is 1. The van der Waals surface area contributed by atoms with Gasteiger partial charge >= 0.3 is 12.1 Å². The lowest BCUT2D eigenvalue weighted by Gasteiger charge is -2.29. The van der Waals surface area contributed by atoms with Gasteiger partial charge in [0.2, 0.25) is 5.91 Å². The van der Waals surface area contributed by atoms with Gasteiger partial charge in [0, 0.05) is 13.0 Å². The maximum atomic E-state index is 12.8. The number of carbonyl (C=O) groups excluding carboxylic acids is 4. The van der Waals surface area contributed by atoms with Crippen LogP contribution in [-0.2, 0) is 25.8 Å². The first-order valence-corrected chi connectivity index (χ1v) is 10.3. The van der Waals surface area contributed by atoms with Crippen molar-refractivity contribution in [3.8, 4) is 0 Å². The minimum atomic E-state index is -1.52. The molecule has 6 amide bonds. The van der Waals surface area contributed by atoms with Crippen molar-refractivity contribution in [2.75, 3.05) is 6.54 Å². The standard InChI is InChI=1S/C20H23N5O7/c26-16-9-8-15(24(16)20(30)31)18(28)22-21-17(27)14-7-6-13-10-23(14)19(29)25(13)32-11-12-4-2-1-3-5-12/h1-5,13-15H,6-11H2,(H,21,27)(H,22,28)(H,30,31)/t13-,14+,15-/m1/s1. The normalized spacial score (nSPS) is 24.6. The highest BCUT2D eigenvalue weighted by atomic mass is 16.7. The number of benzene rings is 1. The second-order valence-corrected chi connectivity index (χ2v) is 7.85. The molecule has 3 heterocycles. The lowest BCUT2D eigenvalue weighted by molar-refractivity contribution is -0.140. The van der Waals surface area contributed by atoms with E-state index in [1.165, 1.54) is 9.96 Å². The third-order valence-electron chi connectivity index (χ3n) is 5.87. The number of hydrazine groups is 1. The second-order valence-electron chi connectivity index (χ2n) is 7.85. The van der Waals surface area contributed by atoms with Crippen molar-refractivity contribution in [2.45, 2.75) is 50.4 Å². The Morgan fingerprint density at radius 3 is 2.38 bits per heavy atom. The van der Waals surface area contributed by atoms with Crippen molar-refractivity contribution >= 4 is 29.8 Å². The Morgan fingerprint density at radius 2 is 1.69 bits per heavy atom. The number of nitrogens with one attached hydrogen (secondary N) is 2. The molecule has 3 saturated heterocycles. The van der Waals surface area contributed by atoms with Gasteiger partial charge in [-0.2, -0.15) is 5.06 Å². The fourth-order valence-corrected chi connectivity index (χ4v) is 4.25.